The average molecular weight is 461 g/mol. The van der Waals surface area contributed by atoms with Gasteiger partial charge in [-0.15, -0.1) is 0 Å². The maximum absolute atomic E-state index is 13.4. The first kappa shape index (κ1) is 25.2. The number of likely N-dealkylation sites (tertiary alicyclic amines) is 1. The molecule has 1 aromatic carbocycles. The minimum atomic E-state index is -0.983. The van der Waals surface area contributed by atoms with Crippen LogP contribution in [0.3, 0.4) is 0 Å². The smallest absolute Gasteiger partial charge is 0.326 e. The van der Waals surface area contributed by atoms with Crippen LogP contribution in [0.5, 0.6) is 0 Å². The van der Waals surface area contributed by atoms with E-state index in [0.29, 0.717) is 39.0 Å². The minimum Gasteiger partial charge on any atom is -0.480 e. The predicted molar refractivity (Wildman–Crippen MR) is 123 cm³/mol. The van der Waals surface area contributed by atoms with Gasteiger partial charge in [-0.25, -0.2) is 4.79 Å². The quantitative estimate of drug-likeness (QED) is 0.545. The Hall–Kier alpha value is -2.45. The van der Waals surface area contributed by atoms with Crippen LogP contribution in [-0.2, 0) is 30.3 Å². The van der Waals surface area contributed by atoms with E-state index in [1.165, 1.54) is 4.90 Å². The monoisotopic (exact) mass is 460 g/mol. The van der Waals surface area contributed by atoms with E-state index >= 15 is 0 Å². The van der Waals surface area contributed by atoms with Crippen molar-refractivity contribution in [2.75, 3.05) is 26.4 Å². The number of aliphatic carboxylic acids is 1. The van der Waals surface area contributed by atoms with Gasteiger partial charge in [0.2, 0.25) is 5.91 Å². The highest BCUT2D eigenvalue weighted by Gasteiger charge is 2.45. The molecule has 33 heavy (non-hydrogen) atoms. The molecule has 2 unspecified atom stereocenters. The fraction of sp³-hybridized carbons (Fsp3) is 0.640. The number of carboxylic acid groups (broad SMARTS) is 1. The van der Waals surface area contributed by atoms with Crippen molar-refractivity contribution in [1.82, 2.24) is 10.2 Å². The Balaban J connectivity index is 1.70. The number of esters is 1. The molecule has 8 heteroatoms. The van der Waals surface area contributed by atoms with E-state index in [1.807, 2.05) is 30.3 Å². The number of benzene rings is 1. The summed E-state index contributed by atoms with van der Waals surface area (Å²) in [6.07, 6.45) is 4.00. The molecule has 0 radical (unpaired) electrons. The molecule has 3 atom stereocenters. The first-order valence-corrected chi connectivity index (χ1v) is 11.9. The fourth-order valence-corrected chi connectivity index (χ4v) is 4.94. The van der Waals surface area contributed by atoms with Crippen molar-refractivity contribution in [3.05, 3.63) is 35.9 Å². The van der Waals surface area contributed by atoms with Crippen LogP contribution in [0.15, 0.2) is 30.3 Å². The molecule has 0 bridgehead atoms. The molecule has 0 saturated carbocycles. The number of rotatable bonds is 9. The molecule has 2 N–H and O–H groups in total. The van der Waals surface area contributed by atoms with Gasteiger partial charge in [-0.3, -0.25) is 14.9 Å². The number of nitrogens with one attached hydrogen (secondary N) is 1. The van der Waals surface area contributed by atoms with Crippen molar-refractivity contribution < 1.29 is 29.0 Å². The molecule has 1 amide bonds. The fourth-order valence-electron chi connectivity index (χ4n) is 4.94. The van der Waals surface area contributed by atoms with Crippen molar-refractivity contribution in [2.24, 2.45) is 5.41 Å². The molecular weight excluding hydrogens is 424 g/mol. The maximum Gasteiger partial charge on any atom is 0.326 e. The summed E-state index contributed by atoms with van der Waals surface area (Å²) in [4.78, 5) is 39.5. The number of aryl methyl sites for hydroxylation is 1. The van der Waals surface area contributed by atoms with Gasteiger partial charge in [0.25, 0.3) is 0 Å². The number of carbonyl (C=O) groups is 3. The normalized spacial score (nSPS) is 21.9. The SMILES string of the molecule is CCOC(=O)C(CCc1ccccc1)N[C@@H](C)C(=O)N1CC2(CCOCC2)CCC1C(=O)O. The van der Waals surface area contributed by atoms with Crippen LogP contribution in [0.25, 0.3) is 0 Å². The first-order valence-electron chi connectivity index (χ1n) is 11.9. The standard InChI is InChI=1S/C25H36N2O6/c1-3-33-24(31)20(10-9-19-7-5-4-6-8-19)26-18(2)22(28)27-17-25(13-15-32-16-14-25)12-11-21(27)23(29)30/h4-8,18,20-21,26H,3,9-17H2,1-2H3,(H,29,30)/t18-,20?,21?/m0/s1. The summed E-state index contributed by atoms with van der Waals surface area (Å²) in [5.41, 5.74) is 1.00. The number of piperidine rings is 1. The Bertz CT molecular complexity index is 808. The Kier molecular flexibility index (Phi) is 8.86. The lowest BCUT2D eigenvalue weighted by atomic mass is 9.72. The molecule has 2 saturated heterocycles. The second kappa shape index (κ2) is 11.6. The van der Waals surface area contributed by atoms with Crippen molar-refractivity contribution in [2.45, 2.75) is 70.5 Å². The molecule has 182 valence electrons. The maximum atomic E-state index is 13.4. The largest absolute Gasteiger partial charge is 0.480 e. The highest BCUT2D eigenvalue weighted by atomic mass is 16.5. The summed E-state index contributed by atoms with van der Waals surface area (Å²) in [6, 6.07) is 7.60. The lowest BCUT2D eigenvalue weighted by molar-refractivity contribution is -0.159. The summed E-state index contributed by atoms with van der Waals surface area (Å²) in [7, 11) is 0. The van der Waals surface area contributed by atoms with E-state index in [2.05, 4.69) is 5.32 Å². The van der Waals surface area contributed by atoms with E-state index in [0.717, 1.165) is 24.8 Å². The first-order chi connectivity index (χ1) is 15.8. The van der Waals surface area contributed by atoms with E-state index in [-0.39, 0.29) is 17.9 Å². The van der Waals surface area contributed by atoms with Gasteiger partial charge < -0.3 is 19.5 Å². The van der Waals surface area contributed by atoms with Gasteiger partial charge in [-0.2, -0.15) is 0 Å². The van der Waals surface area contributed by atoms with Crippen LogP contribution in [0.1, 0.15) is 51.5 Å². The highest BCUT2D eigenvalue weighted by Crippen LogP contribution is 2.41. The zero-order valence-corrected chi connectivity index (χ0v) is 19.6. The third-order valence-corrected chi connectivity index (χ3v) is 6.91. The molecule has 1 spiro atoms. The summed E-state index contributed by atoms with van der Waals surface area (Å²) in [5.74, 6) is -1.67. The van der Waals surface area contributed by atoms with Gasteiger partial charge in [0.15, 0.2) is 0 Å². The Labute approximate surface area is 195 Å². The van der Waals surface area contributed by atoms with E-state index < -0.39 is 30.1 Å². The molecule has 0 aromatic heterocycles. The molecule has 0 aliphatic carbocycles. The van der Waals surface area contributed by atoms with Gasteiger partial charge in [-0.1, -0.05) is 30.3 Å². The lowest BCUT2D eigenvalue weighted by Gasteiger charge is -2.48. The van der Waals surface area contributed by atoms with Gasteiger partial charge in [0.05, 0.1) is 12.6 Å². The van der Waals surface area contributed by atoms with Crippen molar-refractivity contribution in [3.8, 4) is 0 Å². The predicted octanol–water partition coefficient (Wildman–Crippen LogP) is 2.40. The number of carbonyl (C=O) groups excluding carboxylic acids is 2. The summed E-state index contributed by atoms with van der Waals surface area (Å²) in [6.45, 7) is 5.38. The number of nitrogens with zero attached hydrogens (tertiary/aromatic N) is 1. The molecule has 1 aromatic rings. The molecule has 2 aliphatic rings. The van der Waals surface area contributed by atoms with Crippen LogP contribution in [0.4, 0.5) is 0 Å². The van der Waals surface area contributed by atoms with Crippen LogP contribution in [0, 0.1) is 5.41 Å². The topological polar surface area (TPSA) is 105 Å². The summed E-state index contributed by atoms with van der Waals surface area (Å²) in [5, 5.41) is 12.9. The van der Waals surface area contributed by atoms with Crippen LogP contribution >= 0.6 is 0 Å². The van der Waals surface area contributed by atoms with E-state index in [9.17, 15) is 19.5 Å². The third-order valence-electron chi connectivity index (χ3n) is 6.91. The van der Waals surface area contributed by atoms with Gasteiger partial charge >= 0.3 is 11.9 Å². The Morgan fingerprint density at radius 1 is 1.21 bits per heavy atom. The number of hydrogen-bond donors (Lipinski definition) is 2. The second-order valence-electron chi connectivity index (χ2n) is 9.19. The number of hydrogen-bond acceptors (Lipinski definition) is 6. The Morgan fingerprint density at radius 3 is 2.55 bits per heavy atom. The molecule has 2 aliphatic heterocycles. The number of amides is 1. The molecule has 2 fully saturated rings. The van der Waals surface area contributed by atoms with Crippen molar-refractivity contribution in [3.63, 3.8) is 0 Å². The van der Waals surface area contributed by atoms with Gasteiger partial charge in [0.1, 0.15) is 12.1 Å². The zero-order chi connectivity index (χ0) is 23.8. The van der Waals surface area contributed by atoms with E-state index in [4.69, 9.17) is 9.47 Å². The summed E-state index contributed by atoms with van der Waals surface area (Å²) >= 11 is 0. The van der Waals surface area contributed by atoms with Crippen molar-refractivity contribution >= 4 is 17.8 Å². The highest BCUT2D eigenvalue weighted by molar-refractivity contribution is 5.88. The minimum absolute atomic E-state index is 0.0898. The molecule has 2 heterocycles. The van der Waals surface area contributed by atoms with Crippen LogP contribution < -0.4 is 5.32 Å². The number of carboxylic acids is 1. The number of ether oxygens (including phenoxy) is 2. The average Bonchev–Trinajstić information content (AvgIpc) is 2.82. The lowest BCUT2D eigenvalue weighted by Crippen LogP contribution is -2.60. The molecule has 3 rings (SSSR count). The Morgan fingerprint density at radius 2 is 1.91 bits per heavy atom. The summed E-state index contributed by atoms with van der Waals surface area (Å²) < 4.78 is 10.7. The van der Waals surface area contributed by atoms with E-state index in [1.54, 1.807) is 13.8 Å². The van der Waals surface area contributed by atoms with Crippen LogP contribution in [-0.4, -0.2) is 72.3 Å². The van der Waals surface area contributed by atoms with Gasteiger partial charge in [-0.05, 0) is 63.4 Å². The molecular formula is C25H36N2O6. The van der Waals surface area contributed by atoms with Crippen molar-refractivity contribution in [1.29, 1.82) is 0 Å². The molecule has 8 nitrogen and oxygen atoms in total. The zero-order valence-electron chi connectivity index (χ0n) is 19.6. The van der Waals surface area contributed by atoms with Crippen LogP contribution in [0.2, 0.25) is 0 Å². The second-order valence-corrected chi connectivity index (χ2v) is 9.19. The third kappa shape index (κ3) is 6.54. The van der Waals surface area contributed by atoms with Gasteiger partial charge in [0, 0.05) is 19.8 Å².